The Morgan fingerprint density at radius 2 is 1.64 bits per heavy atom. The van der Waals surface area contributed by atoms with Crippen LogP contribution in [0.1, 0.15) is 15.9 Å². The number of ketones is 1. The van der Waals surface area contributed by atoms with Crippen molar-refractivity contribution in [3.63, 3.8) is 0 Å². The third-order valence-corrected chi connectivity index (χ3v) is 3.20. The molecular formula is C18H18O4. The van der Waals surface area contributed by atoms with E-state index in [2.05, 4.69) is 0 Å². The van der Waals surface area contributed by atoms with Crippen molar-refractivity contribution in [2.75, 3.05) is 21.3 Å². The number of benzene rings is 2. The van der Waals surface area contributed by atoms with E-state index in [1.165, 1.54) is 13.2 Å². The van der Waals surface area contributed by atoms with Gasteiger partial charge in [0.05, 0.1) is 26.9 Å². The summed E-state index contributed by atoms with van der Waals surface area (Å²) < 4.78 is 15.5. The molecule has 0 fully saturated rings. The minimum absolute atomic E-state index is 0.137. The van der Waals surface area contributed by atoms with Gasteiger partial charge in [0, 0.05) is 6.07 Å². The SMILES string of the molecule is COc1cccc(/C=C/C(=O)c2ccc(OC)cc2OC)c1. The number of ether oxygens (including phenoxy) is 3. The van der Waals surface area contributed by atoms with Gasteiger partial charge in [-0.1, -0.05) is 18.2 Å². The lowest BCUT2D eigenvalue weighted by atomic mass is 10.1. The molecule has 0 saturated heterocycles. The molecule has 0 bridgehead atoms. The Morgan fingerprint density at radius 3 is 2.32 bits per heavy atom. The maximum atomic E-state index is 12.3. The maximum Gasteiger partial charge on any atom is 0.189 e. The summed E-state index contributed by atoms with van der Waals surface area (Å²) in [5.41, 5.74) is 1.38. The first kappa shape index (κ1) is 15.6. The molecule has 2 rings (SSSR count). The van der Waals surface area contributed by atoms with Gasteiger partial charge in [-0.3, -0.25) is 4.79 Å². The number of carbonyl (C=O) groups excluding carboxylic acids is 1. The van der Waals surface area contributed by atoms with Gasteiger partial charge in [0.2, 0.25) is 0 Å². The summed E-state index contributed by atoms with van der Waals surface area (Å²) in [7, 11) is 4.70. The monoisotopic (exact) mass is 298 g/mol. The first-order valence-electron chi connectivity index (χ1n) is 6.76. The van der Waals surface area contributed by atoms with Gasteiger partial charge in [0.15, 0.2) is 5.78 Å². The summed E-state index contributed by atoms with van der Waals surface area (Å²) in [5, 5.41) is 0. The van der Waals surface area contributed by atoms with Crippen molar-refractivity contribution in [3.05, 3.63) is 59.7 Å². The molecule has 0 aliphatic rings. The Balaban J connectivity index is 2.22. The lowest BCUT2D eigenvalue weighted by Gasteiger charge is -2.08. The number of methoxy groups -OCH3 is 3. The zero-order valence-electron chi connectivity index (χ0n) is 12.8. The van der Waals surface area contributed by atoms with E-state index in [4.69, 9.17) is 14.2 Å². The second kappa shape index (κ2) is 7.31. The van der Waals surface area contributed by atoms with Crippen LogP contribution in [0.3, 0.4) is 0 Å². The first-order chi connectivity index (χ1) is 10.7. The summed E-state index contributed by atoms with van der Waals surface area (Å²) >= 11 is 0. The van der Waals surface area contributed by atoms with Crippen molar-refractivity contribution in [2.45, 2.75) is 0 Å². The van der Waals surface area contributed by atoms with Crippen LogP contribution in [0.25, 0.3) is 6.08 Å². The summed E-state index contributed by atoms with van der Waals surface area (Å²) in [6.07, 6.45) is 3.26. The smallest absolute Gasteiger partial charge is 0.189 e. The standard InChI is InChI=1S/C18H18O4/c1-20-14-6-4-5-13(11-14)7-10-17(19)16-9-8-15(21-2)12-18(16)22-3/h4-12H,1-3H3/b10-7+. The van der Waals surface area contributed by atoms with E-state index >= 15 is 0 Å². The van der Waals surface area contributed by atoms with E-state index in [0.29, 0.717) is 17.1 Å². The van der Waals surface area contributed by atoms with Crippen LogP contribution in [-0.2, 0) is 0 Å². The summed E-state index contributed by atoms with van der Waals surface area (Å²) in [6, 6.07) is 12.6. The summed E-state index contributed by atoms with van der Waals surface area (Å²) in [6.45, 7) is 0. The highest BCUT2D eigenvalue weighted by Gasteiger charge is 2.10. The van der Waals surface area contributed by atoms with Crippen molar-refractivity contribution in [2.24, 2.45) is 0 Å². The molecule has 114 valence electrons. The zero-order chi connectivity index (χ0) is 15.9. The van der Waals surface area contributed by atoms with Crippen molar-refractivity contribution < 1.29 is 19.0 Å². The van der Waals surface area contributed by atoms with E-state index in [1.807, 2.05) is 24.3 Å². The second-order valence-electron chi connectivity index (χ2n) is 4.54. The average Bonchev–Trinajstić information content (AvgIpc) is 2.59. The molecular weight excluding hydrogens is 280 g/mol. The van der Waals surface area contributed by atoms with E-state index in [1.54, 1.807) is 38.5 Å². The minimum Gasteiger partial charge on any atom is -0.497 e. The lowest BCUT2D eigenvalue weighted by Crippen LogP contribution is -1.99. The fraction of sp³-hybridized carbons (Fsp3) is 0.167. The summed E-state index contributed by atoms with van der Waals surface area (Å²) in [4.78, 5) is 12.3. The second-order valence-corrected chi connectivity index (χ2v) is 4.54. The third-order valence-electron chi connectivity index (χ3n) is 3.20. The van der Waals surface area contributed by atoms with Crippen LogP contribution in [0.2, 0.25) is 0 Å². The van der Waals surface area contributed by atoms with Gasteiger partial charge in [-0.2, -0.15) is 0 Å². The third kappa shape index (κ3) is 3.67. The van der Waals surface area contributed by atoms with Gasteiger partial charge < -0.3 is 14.2 Å². The molecule has 0 saturated carbocycles. The fourth-order valence-corrected chi connectivity index (χ4v) is 2.01. The van der Waals surface area contributed by atoms with E-state index < -0.39 is 0 Å². The van der Waals surface area contributed by atoms with Gasteiger partial charge in [0.25, 0.3) is 0 Å². The van der Waals surface area contributed by atoms with Crippen LogP contribution in [0.15, 0.2) is 48.5 Å². The molecule has 0 spiro atoms. The Labute approximate surface area is 129 Å². The van der Waals surface area contributed by atoms with Crippen LogP contribution in [-0.4, -0.2) is 27.1 Å². The number of allylic oxidation sites excluding steroid dienone is 1. The van der Waals surface area contributed by atoms with Crippen molar-refractivity contribution in [1.82, 2.24) is 0 Å². The first-order valence-corrected chi connectivity index (χ1v) is 6.76. The van der Waals surface area contributed by atoms with E-state index in [0.717, 1.165) is 11.3 Å². The molecule has 2 aromatic rings. The van der Waals surface area contributed by atoms with E-state index in [9.17, 15) is 4.79 Å². The summed E-state index contributed by atoms with van der Waals surface area (Å²) in [5.74, 6) is 1.74. The van der Waals surface area contributed by atoms with E-state index in [-0.39, 0.29) is 5.78 Å². The van der Waals surface area contributed by atoms with Crippen LogP contribution in [0.4, 0.5) is 0 Å². The highest BCUT2D eigenvalue weighted by molar-refractivity contribution is 6.08. The van der Waals surface area contributed by atoms with Gasteiger partial charge in [-0.15, -0.1) is 0 Å². The molecule has 0 amide bonds. The highest BCUT2D eigenvalue weighted by Crippen LogP contribution is 2.25. The Morgan fingerprint density at radius 1 is 0.909 bits per heavy atom. The molecule has 4 nitrogen and oxygen atoms in total. The molecule has 0 aliphatic carbocycles. The predicted octanol–water partition coefficient (Wildman–Crippen LogP) is 3.61. The van der Waals surface area contributed by atoms with Crippen molar-refractivity contribution >= 4 is 11.9 Å². The minimum atomic E-state index is -0.137. The van der Waals surface area contributed by atoms with Crippen LogP contribution < -0.4 is 14.2 Å². The Bertz CT molecular complexity index is 689. The molecule has 0 heterocycles. The molecule has 0 N–H and O–H groups in total. The highest BCUT2D eigenvalue weighted by atomic mass is 16.5. The zero-order valence-corrected chi connectivity index (χ0v) is 12.8. The van der Waals surface area contributed by atoms with Gasteiger partial charge in [-0.25, -0.2) is 0 Å². The van der Waals surface area contributed by atoms with Gasteiger partial charge >= 0.3 is 0 Å². The van der Waals surface area contributed by atoms with Gasteiger partial charge in [0.1, 0.15) is 17.2 Å². The maximum absolute atomic E-state index is 12.3. The van der Waals surface area contributed by atoms with Crippen molar-refractivity contribution in [1.29, 1.82) is 0 Å². The molecule has 0 aromatic heterocycles. The molecule has 22 heavy (non-hydrogen) atoms. The molecule has 4 heteroatoms. The van der Waals surface area contributed by atoms with Crippen molar-refractivity contribution in [3.8, 4) is 17.2 Å². The van der Waals surface area contributed by atoms with Crippen LogP contribution in [0.5, 0.6) is 17.2 Å². The number of carbonyl (C=O) groups is 1. The predicted molar refractivity (Wildman–Crippen MR) is 85.9 cm³/mol. The Hall–Kier alpha value is -2.75. The molecule has 0 unspecified atom stereocenters. The fourth-order valence-electron chi connectivity index (χ4n) is 2.01. The van der Waals surface area contributed by atoms with Gasteiger partial charge in [-0.05, 0) is 35.9 Å². The Kier molecular flexibility index (Phi) is 5.20. The number of hydrogen-bond acceptors (Lipinski definition) is 4. The number of rotatable bonds is 6. The molecule has 0 atom stereocenters. The number of hydrogen-bond donors (Lipinski definition) is 0. The molecule has 0 aliphatic heterocycles. The lowest BCUT2D eigenvalue weighted by molar-refractivity contribution is 0.104. The largest absolute Gasteiger partial charge is 0.497 e. The van der Waals surface area contributed by atoms with Crippen LogP contribution >= 0.6 is 0 Å². The quantitative estimate of drug-likeness (QED) is 0.603. The molecule has 2 aromatic carbocycles. The molecule has 0 radical (unpaired) electrons. The van der Waals surface area contributed by atoms with Crippen LogP contribution in [0, 0.1) is 0 Å². The average molecular weight is 298 g/mol. The normalized spacial score (nSPS) is 10.5. The topological polar surface area (TPSA) is 44.8 Å².